The molecule has 0 aromatic rings. The second-order valence-electron chi connectivity index (χ2n) is 4.32. The molecule has 0 saturated carbocycles. The lowest BCUT2D eigenvalue weighted by Crippen LogP contribution is -2.27. The zero-order valence-corrected chi connectivity index (χ0v) is 9.58. The standard InChI is InChI=1S/C13H15N3/c1-10-11(8-14)5-6-12(9-15)13-4-2-3-7-16(10)13/h2-7H2,1H3. The highest BCUT2D eigenvalue weighted by molar-refractivity contribution is 5.38. The Bertz CT molecular complexity index is 443. The van der Waals surface area contributed by atoms with Crippen LogP contribution in [0, 0.1) is 22.7 Å². The Labute approximate surface area is 96.3 Å². The molecule has 0 N–H and O–H groups in total. The van der Waals surface area contributed by atoms with Gasteiger partial charge in [0.1, 0.15) is 0 Å². The van der Waals surface area contributed by atoms with Crippen LogP contribution in [-0.2, 0) is 0 Å². The van der Waals surface area contributed by atoms with E-state index >= 15 is 0 Å². The monoisotopic (exact) mass is 213 g/mol. The van der Waals surface area contributed by atoms with Gasteiger partial charge < -0.3 is 4.90 Å². The fraction of sp³-hybridized carbons (Fsp3) is 0.538. The Morgan fingerprint density at radius 2 is 1.69 bits per heavy atom. The Morgan fingerprint density at radius 1 is 1.00 bits per heavy atom. The van der Waals surface area contributed by atoms with Gasteiger partial charge in [-0.15, -0.1) is 0 Å². The van der Waals surface area contributed by atoms with Gasteiger partial charge in [0, 0.05) is 29.1 Å². The van der Waals surface area contributed by atoms with E-state index in [0.29, 0.717) is 6.42 Å². The molecule has 0 aliphatic carbocycles. The zero-order chi connectivity index (χ0) is 11.5. The maximum Gasteiger partial charge on any atom is 0.0965 e. The minimum absolute atomic E-state index is 0.714. The Balaban J connectivity index is 2.46. The molecule has 2 heterocycles. The molecule has 0 spiro atoms. The van der Waals surface area contributed by atoms with Crippen molar-refractivity contribution in [1.29, 1.82) is 10.5 Å². The van der Waals surface area contributed by atoms with E-state index in [1.807, 2.05) is 6.92 Å². The smallest absolute Gasteiger partial charge is 0.0965 e. The van der Waals surface area contributed by atoms with Gasteiger partial charge in [0.05, 0.1) is 12.1 Å². The molecule has 0 aromatic carbocycles. The van der Waals surface area contributed by atoms with Crippen LogP contribution in [0.2, 0.25) is 0 Å². The van der Waals surface area contributed by atoms with Crippen molar-refractivity contribution in [1.82, 2.24) is 4.90 Å². The van der Waals surface area contributed by atoms with Crippen molar-refractivity contribution in [3.8, 4) is 12.1 Å². The van der Waals surface area contributed by atoms with E-state index in [-0.39, 0.29) is 0 Å². The number of fused-ring (bicyclic) bond motifs is 1. The van der Waals surface area contributed by atoms with E-state index in [0.717, 1.165) is 54.8 Å². The lowest BCUT2D eigenvalue weighted by Gasteiger charge is -2.32. The van der Waals surface area contributed by atoms with E-state index in [4.69, 9.17) is 10.5 Å². The first-order chi connectivity index (χ1) is 7.77. The molecule has 2 aliphatic heterocycles. The third kappa shape index (κ3) is 1.70. The molecule has 0 radical (unpaired) electrons. The van der Waals surface area contributed by atoms with Crippen molar-refractivity contribution < 1.29 is 0 Å². The summed E-state index contributed by atoms with van der Waals surface area (Å²) >= 11 is 0. The van der Waals surface area contributed by atoms with Crippen LogP contribution in [0.3, 0.4) is 0 Å². The van der Waals surface area contributed by atoms with Gasteiger partial charge in [0.2, 0.25) is 0 Å². The van der Waals surface area contributed by atoms with Crippen LogP contribution in [0.25, 0.3) is 0 Å². The first-order valence-corrected chi connectivity index (χ1v) is 5.77. The number of rotatable bonds is 0. The molecule has 0 bridgehead atoms. The molecule has 0 unspecified atom stereocenters. The number of hydrogen-bond acceptors (Lipinski definition) is 3. The van der Waals surface area contributed by atoms with Gasteiger partial charge in [0.25, 0.3) is 0 Å². The summed E-state index contributed by atoms with van der Waals surface area (Å²) in [4.78, 5) is 2.19. The summed E-state index contributed by atoms with van der Waals surface area (Å²) in [5.74, 6) is 0. The Kier molecular flexibility index (Phi) is 2.97. The van der Waals surface area contributed by atoms with Gasteiger partial charge in [-0.05, 0) is 39.0 Å². The second-order valence-corrected chi connectivity index (χ2v) is 4.32. The molecule has 0 atom stereocenters. The summed E-state index contributed by atoms with van der Waals surface area (Å²) < 4.78 is 0. The second kappa shape index (κ2) is 4.41. The summed E-state index contributed by atoms with van der Waals surface area (Å²) in [5.41, 5.74) is 3.94. The third-order valence-corrected chi connectivity index (χ3v) is 3.46. The first-order valence-electron chi connectivity index (χ1n) is 5.77. The number of nitriles is 2. The minimum Gasteiger partial charge on any atom is -0.347 e. The van der Waals surface area contributed by atoms with Crippen molar-refractivity contribution in [3.05, 3.63) is 22.5 Å². The predicted molar refractivity (Wildman–Crippen MR) is 60.7 cm³/mol. The zero-order valence-electron chi connectivity index (χ0n) is 9.58. The molecule has 3 nitrogen and oxygen atoms in total. The van der Waals surface area contributed by atoms with Crippen LogP contribution in [0.5, 0.6) is 0 Å². The van der Waals surface area contributed by atoms with Gasteiger partial charge in [-0.2, -0.15) is 10.5 Å². The Morgan fingerprint density at radius 3 is 2.38 bits per heavy atom. The van der Waals surface area contributed by atoms with Crippen LogP contribution >= 0.6 is 0 Å². The van der Waals surface area contributed by atoms with Crippen molar-refractivity contribution in [2.75, 3.05) is 6.54 Å². The fourth-order valence-corrected chi connectivity index (χ4v) is 2.51. The van der Waals surface area contributed by atoms with Crippen LogP contribution < -0.4 is 0 Å². The van der Waals surface area contributed by atoms with Crippen LogP contribution in [0.4, 0.5) is 0 Å². The molecule has 1 saturated heterocycles. The Hall–Kier alpha value is -1.74. The predicted octanol–water partition coefficient (Wildman–Crippen LogP) is 2.84. The lowest BCUT2D eigenvalue weighted by molar-refractivity contribution is 0.350. The molecule has 3 heteroatoms. The normalized spacial score (nSPS) is 21.1. The summed E-state index contributed by atoms with van der Waals surface area (Å²) in [6, 6.07) is 4.58. The third-order valence-electron chi connectivity index (χ3n) is 3.46. The summed E-state index contributed by atoms with van der Waals surface area (Å²) in [6.07, 6.45) is 4.73. The van der Waals surface area contributed by atoms with Crippen LogP contribution in [-0.4, -0.2) is 11.4 Å². The van der Waals surface area contributed by atoms with Gasteiger partial charge in [-0.25, -0.2) is 0 Å². The molecular weight excluding hydrogens is 198 g/mol. The average Bonchev–Trinajstić information content (AvgIpc) is 2.47. The summed E-state index contributed by atoms with van der Waals surface area (Å²) in [6.45, 7) is 2.96. The largest absolute Gasteiger partial charge is 0.347 e. The fourth-order valence-electron chi connectivity index (χ4n) is 2.51. The lowest BCUT2D eigenvalue weighted by atomic mass is 10.0. The number of hydrogen-bond donors (Lipinski definition) is 0. The average molecular weight is 213 g/mol. The molecule has 1 fully saturated rings. The van der Waals surface area contributed by atoms with Crippen molar-refractivity contribution in [2.24, 2.45) is 0 Å². The van der Waals surface area contributed by atoms with E-state index in [1.165, 1.54) is 0 Å². The summed E-state index contributed by atoms with van der Waals surface area (Å²) in [7, 11) is 0. The molecule has 0 aromatic heterocycles. The van der Waals surface area contributed by atoms with Crippen LogP contribution in [0.1, 0.15) is 39.0 Å². The van der Waals surface area contributed by atoms with Crippen molar-refractivity contribution in [2.45, 2.75) is 39.0 Å². The highest BCUT2D eigenvalue weighted by Gasteiger charge is 2.24. The van der Waals surface area contributed by atoms with Gasteiger partial charge in [0.15, 0.2) is 0 Å². The van der Waals surface area contributed by atoms with E-state index in [1.54, 1.807) is 0 Å². The maximum atomic E-state index is 9.16. The molecule has 2 aliphatic rings. The molecule has 0 amide bonds. The van der Waals surface area contributed by atoms with Crippen LogP contribution in [0.15, 0.2) is 22.5 Å². The number of allylic oxidation sites excluding steroid dienone is 4. The topological polar surface area (TPSA) is 50.8 Å². The minimum atomic E-state index is 0.714. The first kappa shape index (κ1) is 10.8. The van der Waals surface area contributed by atoms with E-state index in [9.17, 15) is 0 Å². The highest BCUT2D eigenvalue weighted by atomic mass is 15.2. The molecule has 2 rings (SSSR count). The molecule has 82 valence electrons. The van der Waals surface area contributed by atoms with E-state index < -0.39 is 0 Å². The van der Waals surface area contributed by atoms with Crippen molar-refractivity contribution >= 4 is 0 Å². The highest BCUT2D eigenvalue weighted by Crippen LogP contribution is 2.33. The SMILES string of the molecule is CC1=C(C#N)CCC(C#N)=C2CCCCN12. The maximum absolute atomic E-state index is 9.16. The van der Waals surface area contributed by atoms with Gasteiger partial charge in [-0.3, -0.25) is 0 Å². The molecular formula is C13H15N3. The molecule has 16 heavy (non-hydrogen) atoms. The van der Waals surface area contributed by atoms with E-state index in [2.05, 4.69) is 17.0 Å². The van der Waals surface area contributed by atoms with Crippen molar-refractivity contribution in [3.63, 3.8) is 0 Å². The number of piperidine rings is 1. The number of nitrogens with zero attached hydrogens (tertiary/aromatic N) is 3. The summed E-state index contributed by atoms with van der Waals surface area (Å²) in [5, 5.41) is 18.3. The van der Waals surface area contributed by atoms with Gasteiger partial charge in [-0.1, -0.05) is 0 Å². The van der Waals surface area contributed by atoms with Gasteiger partial charge >= 0.3 is 0 Å². The quantitative estimate of drug-likeness (QED) is 0.621.